The summed E-state index contributed by atoms with van der Waals surface area (Å²) in [6, 6.07) is 8.37. The van der Waals surface area contributed by atoms with Gasteiger partial charge >= 0.3 is 6.09 Å². The fraction of sp³-hybridized carbons (Fsp3) is 0.611. The van der Waals surface area contributed by atoms with Crippen molar-refractivity contribution in [3.8, 4) is 5.75 Å². The Hall–Kier alpha value is -1.71. The quantitative estimate of drug-likeness (QED) is 0.843. The highest BCUT2D eigenvalue weighted by Gasteiger charge is 2.32. The second-order valence-corrected chi connectivity index (χ2v) is 6.75. The van der Waals surface area contributed by atoms with Gasteiger partial charge in [0.25, 0.3) is 0 Å². The summed E-state index contributed by atoms with van der Waals surface area (Å²) in [5.74, 6) is 0.890. The Kier molecular flexibility index (Phi) is 5.33. The summed E-state index contributed by atoms with van der Waals surface area (Å²) in [5, 5.41) is 0. The van der Waals surface area contributed by atoms with Crippen LogP contribution in [0.1, 0.15) is 46.1 Å². The van der Waals surface area contributed by atoms with Crippen LogP contribution in [0.5, 0.6) is 5.75 Å². The van der Waals surface area contributed by atoms with Crippen molar-refractivity contribution in [3.63, 3.8) is 0 Å². The van der Waals surface area contributed by atoms with E-state index in [0.717, 1.165) is 31.6 Å². The third-order valence-electron chi connectivity index (χ3n) is 3.71. The van der Waals surface area contributed by atoms with Crippen LogP contribution in [-0.4, -0.2) is 35.8 Å². The molecule has 1 heterocycles. The highest BCUT2D eigenvalue weighted by atomic mass is 16.6. The van der Waals surface area contributed by atoms with Crippen LogP contribution in [0.15, 0.2) is 24.3 Å². The number of carbonyl (C=O) groups excluding carboxylic acids is 1. The molecular formula is C18H27NO3. The van der Waals surface area contributed by atoms with E-state index in [9.17, 15) is 4.79 Å². The number of hydrogen-bond acceptors (Lipinski definition) is 3. The first-order valence-corrected chi connectivity index (χ1v) is 8.10. The predicted molar refractivity (Wildman–Crippen MR) is 87.3 cm³/mol. The molecule has 1 saturated heterocycles. The molecular weight excluding hydrogens is 278 g/mol. The first-order valence-electron chi connectivity index (χ1n) is 8.10. The maximum absolute atomic E-state index is 12.3. The van der Waals surface area contributed by atoms with Crippen molar-refractivity contribution in [2.24, 2.45) is 0 Å². The Morgan fingerprint density at radius 2 is 1.95 bits per heavy atom. The van der Waals surface area contributed by atoms with Crippen LogP contribution in [-0.2, 0) is 11.2 Å². The van der Waals surface area contributed by atoms with Gasteiger partial charge in [-0.25, -0.2) is 4.79 Å². The van der Waals surface area contributed by atoms with Gasteiger partial charge in [0.05, 0.1) is 6.61 Å². The zero-order valence-corrected chi connectivity index (χ0v) is 14.1. The summed E-state index contributed by atoms with van der Waals surface area (Å²) in [7, 11) is 0. The molecule has 1 aliphatic rings. The Morgan fingerprint density at radius 1 is 1.27 bits per heavy atom. The Balaban J connectivity index is 1.97. The Morgan fingerprint density at radius 3 is 2.55 bits per heavy atom. The summed E-state index contributed by atoms with van der Waals surface area (Å²) in [5.41, 5.74) is 0.785. The molecule has 1 aromatic rings. The smallest absolute Gasteiger partial charge is 0.410 e. The number of carbonyl (C=O) groups is 1. The van der Waals surface area contributed by atoms with Crippen molar-refractivity contribution in [2.45, 2.75) is 58.6 Å². The molecule has 0 radical (unpaired) electrons. The van der Waals surface area contributed by atoms with E-state index in [-0.39, 0.29) is 12.1 Å². The molecule has 1 atom stereocenters. The van der Waals surface area contributed by atoms with Crippen molar-refractivity contribution in [1.82, 2.24) is 4.90 Å². The molecule has 1 fully saturated rings. The van der Waals surface area contributed by atoms with E-state index in [0.29, 0.717) is 6.61 Å². The minimum Gasteiger partial charge on any atom is -0.494 e. The van der Waals surface area contributed by atoms with E-state index >= 15 is 0 Å². The molecule has 122 valence electrons. The van der Waals surface area contributed by atoms with E-state index in [1.54, 1.807) is 0 Å². The van der Waals surface area contributed by atoms with E-state index in [1.165, 1.54) is 5.56 Å². The molecule has 1 aromatic carbocycles. The summed E-state index contributed by atoms with van der Waals surface area (Å²) >= 11 is 0. The molecule has 0 spiro atoms. The molecule has 0 saturated carbocycles. The minimum absolute atomic E-state index is 0.194. The zero-order valence-electron chi connectivity index (χ0n) is 14.1. The van der Waals surface area contributed by atoms with Gasteiger partial charge in [-0.05, 0) is 64.7 Å². The number of ether oxygens (including phenoxy) is 2. The number of rotatable bonds is 4. The predicted octanol–water partition coefficient (Wildman–Crippen LogP) is 4.03. The first-order chi connectivity index (χ1) is 10.4. The third kappa shape index (κ3) is 4.65. The lowest BCUT2D eigenvalue weighted by atomic mass is 10.0. The second kappa shape index (κ2) is 7.03. The topological polar surface area (TPSA) is 38.8 Å². The van der Waals surface area contributed by atoms with Crippen molar-refractivity contribution in [2.75, 3.05) is 13.2 Å². The molecule has 1 aliphatic heterocycles. The largest absolute Gasteiger partial charge is 0.494 e. The molecule has 0 aromatic heterocycles. The maximum atomic E-state index is 12.3. The van der Waals surface area contributed by atoms with Crippen molar-refractivity contribution >= 4 is 6.09 Å². The highest BCUT2D eigenvalue weighted by molar-refractivity contribution is 5.69. The SMILES string of the molecule is CCOc1ccc(CC2CCCN2C(=O)OC(C)(C)C)cc1. The van der Waals surface area contributed by atoms with Crippen LogP contribution in [0, 0.1) is 0 Å². The zero-order chi connectivity index (χ0) is 16.2. The molecule has 4 heteroatoms. The van der Waals surface area contributed by atoms with E-state index in [1.807, 2.05) is 44.7 Å². The van der Waals surface area contributed by atoms with Gasteiger partial charge in [0.1, 0.15) is 11.4 Å². The third-order valence-corrected chi connectivity index (χ3v) is 3.71. The maximum Gasteiger partial charge on any atom is 0.410 e. The van der Waals surface area contributed by atoms with Gasteiger partial charge in [0.15, 0.2) is 0 Å². The molecule has 4 nitrogen and oxygen atoms in total. The van der Waals surface area contributed by atoms with Crippen LogP contribution in [0.2, 0.25) is 0 Å². The molecule has 2 rings (SSSR count). The van der Waals surface area contributed by atoms with Crippen LogP contribution in [0.3, 0.4) is 0 Å². The molecule has 1 unspecified atom stereocenters. The van der Waals surface area contributed by atoms with Gasteiger partial charge in [0.2, 0.25) is 0 Å². The number of nitrogens with zero attached hydrogens (tertiary/aromatic N) is 1. The number of benzene rings is 1. The van der Waals surface area contributed by atoms with Crippen molar-refractivity contribution < 1.29 is 14.3 Å². The molecule has 1 amide bonds. The monoisotopic (exact) mass is 305 g/mol. The normalized spacial score (nSPS) is 18.4. The van der Waals surface area contributed by atoms with Gasteiger partial charge in [0, 0.05) is 12.6 Å². The molecule has 0 aliphatic carbocycles. The standard InChI is InChI=1S/C18H27NO3/c1-5-21-16-10-8-14(9-11-16)13-15-7-6-12-19(15)17(20)22-18(2,3)4/h8-11,15H,5-7,12-13H2,1-4H3. The van der Waals surface area contributed by atoms with Crippen LogP contribution in [0.25, 0.3) is 0 Å². The van der Waals surface area contributed by atoms with Gasteiger partial charge in [-0.15, -0.1) is 0 Å². The average molecular weight is 305 g/mol. The molecule has 22 heavy (non-hydrogen) atoms. The minimum atomic E-state index is -0.441. The molecule has 0 bridgehead atoms. The van der Waals surface area contributed by atoms with E-state index < -0.39 is 5.60 Å². The van der Waals surface area contributed by atoms with E-state index in [2.05, 4.69) is 12.1 Å². The number of likely N-dealkylation sites (tertiary alicyclic amines) is 1. The lowest BCUT2D eigenvalue weighted by Gasteiger charge is -2.28. The summed E-state index contributed by atoms with van der Waals surface area (Å²) in [6.45, 7) is 9.16. The van der Waals surface area contributed by atoms with Crippen LogP contribution in [0.4, 0.5) is 4.79 Å². The summed E-state index contributed by atoms with van der Waals surface area (Å²) in [6.07, 6.45) is 2.75. The fourth-order valence-electron chi connectivity index (χ4n) is 2.77. The van der Waals surface area contributed by atoms with Gasteiger partial charge in [-0.3, -0.25) is 0 Å². The Labute approximate surface area is 133 Å². The van der Waals surface area contributed by atoms with Crippen molar-refractivity contribution in [3.05, 3.63) is 29.8 Å². The van der Waals surface area contributed by atoms with Crippen molar-refractivity contribution in [1.29, 1.82) is 0 Å². The average Bonchev–Trinajstić information content (AvgIpc) is 2.88. The highest BCUT2D eigenvalue weighted by Crippen LogP contribution is 2.24. The molecule has 0 N–H and O–H groups in total. The number of hydrogen-bond donors (Lipinski definition) is 0. The van der Waals surface area contributed by atoms with Crippen LogP contribution >= 0.6 is 0 Å². The Bertz CT molecular complexity index is 490. The van der Waals surface area contributed by atoms with E-state index in [4.69, 9.17) is 9.47 Å². The lowest BCUT2D eigenvalue weighted by molar-refractivity contribution is 0.0227. The summed E-state index contributed by atoms with van der Waals surface area (Å²) < 4.78 is 11.0. The fourth-order valence-corrected chi connectivity index (χ4v) is 2.77. The van der Waals surface area contributed by atoms with Gasteiger partial charge < -0.3 is 14.4 Å². The number of amides is 1. The van der Waals surface area contributed by atoms with Gasteiger partial charge in [-0.1, -0.05) is 12.1 Å². The van der Waals surface area contributed by atoms with Crippen LogP contribution < -0.4 is 4.74 Å². The first kappa shape index (κ1) is 16.7. The van der Waals surface area contributed by atoms with Gasteiger partial charge in [-0.2, -0.15) is 0 Å². The summed E-state index contributed by atoms with van der Waals surface area (Å²) in [4.78, 5) is 14.2. The second-order valence-electron chi connectivity index (χ2n) is 6.75. The lowest BCUT2D eigenvalue weighted by Crippen LogP contribution is -2.40.